The molecule has 0 saturated heterocycles. The van der Waals surface area contributed by atoms with Crippen LogP contribution in [0.4, 0.5) is 29.2 Å². The van der Waals surface area contributed by atoms with Crippen LogP contribution in [0.3, 0.4) is 0 Å². The third kappa shape index (κ3) is 6.51. The molecule has 0 amide bonds. The number of nitrogens with one attached hydrogen (secondary N) is 1. The monoisotopic (exact) mass is 554 g/mol. The molecule has 3 heterocycles. The van der Waals surface area contributed by atoms with Crippen molar-refractivity contribution in [3.63, 3.8) is 0 Å². The summed E-state index contributed by atoms with van der Waals surface area (Å²) in [4.78, 5) is 10.1. The molecule has 1 aromatic carbocycles. The average Bonchev–Trinajstić information content (AvgIpc) is 2.87. The summed E-state index contributed by atoms with van der Waals surface area (Å²) in [6, 6.07) is 9.19. The van der Waals surface area contributed by atoms with E-state index in [1.54, 1.807) is 6.07 Å². The second kappa shape index (κ2) is 11.5. The lowest BCUT2D eigenvalue weighted by Gasteiger charge is -2.24. The van der Waals surface area contributed by atoms with Crippen LogP contribution in [0.15, 0.2) is 53.6 Å². The van der Waals surface area contributed by atoms with Gasteiger partial charge in [0.05, 0.1) is 17.9 Å². The zero-order chi connectivity index (χ0) is 27.3. The molecule has 0 fully saturated rings. The van der Waals surface area contributed by atoms with Gasteiger partial charge in [0.15, 0.2) is 5.03 Å². The Bertz CT molecular complexity index is 1390. The number of nitrogens with zero attached hydrogens (tertiary/aromatic N) is 3. The highest BCUT2D eigenvalue weighted by Crippen LogP contribution is 2.40. The van der Waals surface area contributed by atoms with Crippen molar-refractivity contribution < 1.29 is 35.8 Å². The number of aliphatic hydroxyl groups excluding tert-OH is 1. The van der Waals surface area contributed by atoms with Crippen molar-refractivity contribution in [1.82, 2.24) is 9.97 Å². The van der Waals surface area contributed by atoms with E-state index in [4.69, 9.17) is 9.84 Å². The number of rotatable bonds is 4. The molecule has 8 nitrogen and oxygen atoms in total. The van der Waals surface area contributed by atoms with Crippen LogP contribution < -0.4 is 14.4 Å². The lowest BCUT2D eigenvalue weighted by Crippen LogP contribution is -2.28. The van der Waals surface area contributed by atoms with E-state index in [0.717, 1.165) is 18.2 Å². The van der Waals surface area contributed by atoms with Crippen molar-refractivity contribution in [2.45, 2.75) is 36.9 Å². The van der Waals surface area contributed by atoms with Gasteiger partial charge in [0, 0.05) is 25.3 Å². The molecule has 4 bridgehead atoms. The van der Waals surface area contributed by atoms with E-state index in [9.17, 15) is 26.0 Å². The van der Waals surface area contributed by atoms with Gasteiger partial charge in [-0.15, -0.1) is 0 Å². The fourth-order valence-corrected chi connectivity index (χ4v) is 4.99. The smallest absolute Gasteiger partial charge is 0.418 e. The van der Waals surface area contributed by atoms with E-state index in [-0.39, 0.29) is 29.6 Å². The van der Waals surface area contributed by atoms with Crippen molar-refractivity contribution in [3.8, 4) is 17.0 Å². The summed E-state index contributed by atoms with van der Waals surface area (Å²) in [5.74, 6) is -0.812. The van der Waals surface area contributed by atoms with Crippen LogP contribution in [-0.2, 0) is 16.2 Å². The van der Waals surface area contributed by atoms with Gasteiger partial charge in [0.2, 0.25) is 0 Å². The molecule has 0 aliphatic carbocycles. The first-order valence-electron chi connectivity index (χ1n) is 11.9. The van der Waals surface area contributed by atoms with Crippen LogP contribution in [0.5, 0.6) is 5.75 Å². The van der Waals surface area contributed by atoms with E-state index in [1.807, 2.05) is 4.90 Å². The van der Waals surface area contributed by atoms with Crippen molar-refractivity contribution >= 4 is 21.7 Å². The number of benzene rings is 1. The Morgan fingerprint density at radius 1 is 1.05 bits per heavy atom. The van der Waals surface area contributed by atoms with E-state index in [0.29, 0.717) is 50.7 Å². The number of aliphatic hydroxyl groups is 1. The molecule has 3 aromatic rings. The van der Waals surface area contributed by atoms with Crippen LogP contribution in [-0.4, -0.2) is 49.8 Å². The van der Waals surface area contributed by atoms with Gasteiger partial charge < -0.3 is 14.7 Å². The van der Waals surface area contributed by atoms with Crippen molar-refractivity contribution in [3.05, 3.63) is 59.9 Å². The number of anilines is 2. The van der Waals surface area contributed by atoms with Gasteiger partial charge in [-0.1, -0.05) is 6.07 Å². The van der Waals surface area contributed by atoms with Crippen LogP contribution in [0.2, 0.25) is 0 Å². The summed E-state index contributed by atoms with van der Waals surface area (Å²) in [6.07, 6.45) is -2.53. The SMILES string of the molecule is O=S1(=O)Nc2ccc(C(F)(F)F)c(n2)-c2cc(F)ccc2OCCCCN(CCCCO)c2cccc1n2. The Morgan fingerprint density at radius 2 is 1.87 bits per heavy atom. The first-order valence-corrected chi connectivity index (χ1v) is 13.4. The maximum atomic E-state index is 14.2. The number of sulfonamides is 1. The first-order chi connectivity index (χ1) is 18.1. The minimum absolute atomic E-state index is 0.0109. The number of aromatic nitrogens is 2. The maximum Gasteiger partial charge on any atom is 0.418 e. The van der Waals surface area contributed by atoms with E-state index in [1.165, 1.54) is 18.2 Å². The Morgan fingerprint density at radius 3 is 2.63 bits per heavy atom. The fourth-order valence-electron chi connectivity index (χ4n) is 4.03. The predicted octanol–water partition coefficient (Wildman–Crippen LogP) is 4.85. The number of pyridine rings is 2. The molecule has 0 radical (unpaired) electrons. The molecule has 0 saturated carbocycles. The summed E-state index contributed by atoms with van der Waals surface area (Å²) < 4.78 is 90.0. The number of unbranched alkanes of at least 4 members (excludes halogenated alkanes) is 1. The number of fused-ring (bicyclic) bond motifs is 6. The summed E-state index contributed by atoms with van der Waals surface area (Å²) in [5, 5.41) is 8.81. The fraction of sp³-hybridized carbons (Fsp3) is 0.360. The molecular formula is C25H26F4N4O4S. The molecule has 204 valence electrons. The molecule has 0 spiro atoms. The summed E-state index contributed by atoms with van der Waals surface area (Å²) in [6.45, 7) is 1.19. The molecule has 1 aliphatic rings. The molecular weight excluding hydrogens is 528 g/mol. The molecule has 1 aliphatic heterocycles. The van der Waals surface area contributed by atoms with Crippen LogP contribution >= 0.6 is 0 Å². The average molecular weight is 555 g/mol. The molecule has 2 N–H and O–H groups in total. The summed E-state index contributed by atoms with van der Waals surface area (Å²) in [5.41, 5.74) is -2.09. The highest BCUT2D eigenvalue weighted by atomic mass is 32.2. The second-order valence-electron chi connectivity index (χ2n) is 8.64. The third-order valence-corrected chi connectivity index (χ3v) is 7.12. The maximum absolute atomic E-state index is 14.2. The second-order valence-corrected chi connectivity index (χ2v) is 10.3. The van der Waals surface area contributed by atoms with Crippen LogP contribution in [0.1, 0.15) is 31.2 Å². The van der Waals surface area contributed by atoms with Crippen LogP contribution in [0, 0.1) is 5.82 Å². The van der Waals surface area contributed by atoms with Gasteiger partial charge in [0.25, 0.3) is 10.0 Å². The van der Waals surface area contributed by atoms with Gasteiger partial charge in [-0.25, -0.2) is 14.4 Å². The summed E-state index contributed by atoms with van der Waals surface area (Å²) in [7, 11) is -4.34. The predicted molar refractivity (Wildman–Crippen MR) is 133 cm³/mol. The van der Waals surface area contributed by atoms with Gasteiger partial charge in [-0.2, -0.15) is 21.6 Å². The number of alkyl halides is 3. The lowest BCUT2D eigenvalue weighted by atomic mass is 10.0. The summed E-state index contributed by atoms with van der Waals surface area (Å²) >= 11 is 0. The molecule has 2 aromatic heterocycles. The number of hydrogen-bond acceptors (Lipinski definition) is 7. The zero-order valence-electron chi connectivity index (χ0n) is 20.2. The van der Waals surface area contributed by atoms with Crippen molar-refractivity contribution in [2.24, 2.45) is 0 Å². The van der Waals surface area contributed by atoms with Gasteiger partial charge in [-0.3, -0.25) is 4.72 Å². The highest BCUT2D eigenvalue weighted by Gasteiger charge is 2.36. The standard InChI is InChI=1S/C25H26F4N4O4S/c26-17-8-10-20-18(16-17)24-19(25(27,28)29)9-11-21(30-24)32-38(35,36)23-7-5-6-22(31-23)33(12-1-3-14-34)13-2-4-15-37-20/h5-11,16,34H,1-4,12-15H2,(H,30,32). The molecule has 4 rings (SSSR count). The Balaban J connectivity index is 1.82. The Labute approximate surface area is 217 Å². The normalized spacial score (nSPS) is 15.8. The van der Waals surface area contributed by atoms with Gasteiger partial charge in [-0.05, 0) is 68.1 Å². The Hall–Kier alpha value is -3.45. The largest absolute Gasteiger partial charge is 0.493 e. The van der Waals surface area contributed by atoms with Gasteiger partial charge >= 0.3 is 6.18 Å². The van der Waals surface area contributed by atoms with Crippen molar-refractivity contribution in [1.29, 1.82) is 0 Å². The number of hydrogen-bond donors (Lipinski definition) is 2. The van der Waals surface area contributed by atoms with E-state index >= 15 is 0 Å². The van der Waals surface area contributed by atoms with Gasteiger partial charge in [0.1, 0.15) is 23.2 Å². The molecule has 13 heteroatoms. The Kier molecular flexibility index (Phi) is 8.36. The lowest BCUT2D eigenvalue weighted by molar-refractivity contribution is -0.137. The molecule has 0 atom stereocenters. The van der Waals surface area contributed by atoms with E-state index < -0.39 is 39.1 Å². The topological polar surface area (TPSA) is 105 Å². The zero-order valence-corrected chi connectivity index (χ0v) is 21.0. The van der Waals surface area contributed by atoms with Crippen LogP contribution in [0.25, 0.3) is 11.3 Å². The highest BCUT2D eigenvalue weighted by molar-refractivity contribution is 7.92. The number of halogens is 4. The minimum atomic E-state index is -4.85. The number of ether oxygens (including phenoxy) is 1. The first kappa shape index (κ1) is 27.6. The van der Waals surface area contributed by atoms with E-state index in [2.05, 4.69) is 14.7 Å². The third-order valence-electron chi connectivity index (χ3n) is 5.86. The molecule has 0 unspecified atom stereocenters. The molecule has 38 heavy (non-hydrogen) atoms. The van der Waals surface area contributed by atoms with Crippen molar-refractivity contribution in [2.75, 3.05) is 35.9 Å². The minimum Gasteiger partial charge on any atom is -0.493 e. The quantitative estimate of drug-likeness (QED) is 0.351.